The number of halogens is 1. The smallest absolute Gasteiger partial charge is 0.304 e. The van der Waals surface area contributed by atoms with Crippen LogP contribution in [0.1, 0.15) is 12.0 Å². The van der Waals surface area contributed by atoms with Crippen molar-refractivity contribution in [3.05, 3.63) is 39.7 Å². The van der Waals surface area contributed by atoms with Crippen molar-refractivity contribution < 1.29 is 19.2 Å². The Morgan fingerprint density at radius 2 is 2.17 bits per heavy atom. The second-order valence-corrected chi connectivity index (χ2v) is 3.96. The van der Waals surface area contributed by atoms with Gasteiger partial charge in [0.2, 0.25) is 0 Å². The van der Waals surface area contributed by atoms with Crippen LogP contribution < -0.4 is 0 Å². The fourth-order valence-electron chi connectivity index (χ4n) is 1.51. The molecule has 0 unspecified atom stereocenters. The van der Waals surface area contributed by atoms with E-state index in [1.165, 1.54) is 12.1 Å². The molecule has 1 N–H and O–H groups in total. The first-order chi connectivity index (χ1) is 8.38. The lowest BCUT2D eigenvalue weighted by molar-refractivity contribution is -0.385. The van der Waals surface area contributed by atoms with E-state index >= 15 is 0 Å². The first-order valence-corrected chi connectivity index (χ1v) is 5.22. The van der Waals surface area contributed by atoms with Gasteiger partial charge >= 0.3 is 5.97 Å². The molecule has 0 saturated carbocycles. The molecule has 0 atom stereocenters. The summed E-state index contributed by atoms with van der Waals surface area (Å²) in [5.74, 6) is -1.60. The summed E-state index contributed by atoms with van der Waals surface area (Å²) >= 11 is 0. The quantitative estimate of drug-likeness (QED) is 0.618. The van der Waals surface area contributed by atoms with Crippen LogP contribution in [0.5, 0.6) is 0 Å². The maximum atomic E-state index is 13.1. The molecule has 0 aliphatic carbocycles. The second-order valence-electron chi connectivity index (χ2n) is 3.96. The van der Waals surface area contributed by atoms with Crippen LogP contribution >= 0.6 is 0 Å². The third-order valence-corrected chi connectivity index (χ3v) is 2.31. The number of aliphatic carboxylic acids is 1. The molecule has 0 aliphatic heterocycles. The van der Waals surface area contributed by atoms with Gasteiger partial charge < -0.3 is 10.0 Å². The van der Waals surface area contributed by atoms with Crippen molar-refractivity contribution >= 4 is 11.7 Å². The average molecular weight is 256 g/mol. The highest BCUT2D eigenvalue weighted by molar-refractivity contribution is 5.66. The summed E-state index contributed by atoms with van der Waals surface area (Å²) < 4.78 is 13.1. The summed E-state index contributed by atoms with van der Waals surface area (Å²) in [4.78, 5) is 21.9. The average Bonchev–Trinajstić information content (AvgIpc) is 2.25. The van der Waals surface area contributed by atoms with Crippen LogP contribution in [-0.2, 0) is 11.3 Å². The molecule has 1 rings (SSSR count). The monoisotopic (exact) mass is 256 g/mol. The minimum atomic E-state index is -0.924. The first kappa shape index (κ1) is 14.0. The Hall–Kier alpha value is -2.02. The molecule has 1 aromatic carbocycles. The Balaban J connectivity index is 2.72. The molecule has 0 fully saturated rings. The molecule has 0 aromatic heterocycles. The van der Waals surface area contributed by atoms with Gasteiger partial charge in [-0.25, -0.2) is 4.39 Å². The first-order valence-electron chi connectivity index (χ1n) is 5.22. The van der Waals surface area contributed by atoms with Crippen molar-refractivity contribution in [2.75, 3.05) is 13.6 Å². The van der Waals surface area contributed by atoms with Gasteiger partial charge in [0.25, 0.3) is 5.69 Å². The zero-order valence-corrected chi connectivity index (χ0v) is 9.80. The normalized spacial score (nSPS) is 10.6. The number of benzene rings is 1. The lowest BCUT2D eigenvalue weighted by Gasteiger charge is -2.15. The van der Waals surface area contributed by atoms with Gasteiger partial charge in [-0.15, -0.1) is 0 Å². The van der Waals surface area contributed by atoms with Crippen molar-refractivity contribution in [3.63, 3.8) is 0 Å². The maximum Gasteiger partial charge on any atom is 0.304 e. The predicted molar refractivity (Wildman–Crippen MR) is 61.6 cm³/mol. The molecular weight excluding hydrogens is 243 g/mol. The number of nitrogens with zero attached hydrogens (tertiary/aromatic N) is 2. The molecular formula is C11H13FN2O4. The number of carbonyl (C=O) groups is 1. The van der Waals surface area contributed by atoms with Crippen molar-refractivity contribution in [1.29, 1.82) is 0 Å². The molecule has 18 heavy (non-hydrogen) atoms. The van der Waals surface area contributed by atoms with Gasteiger partial charge in [0, 0.05) is 19.2 Å². The Bertz CT molecular complexity index is 464. The van der Waals surface area contributed by atoms with Crippen molar-refractivity contribution in [1.82, 2.24) is 4.90 Å². The highest BCUT2D eigenvalue weighted by Gasteiger charge is 2.11. The van der Waals surface area contributed by atoms with Crippen molar-refractivity contribution in [2.24, 2.45) is 0 Å². The summed E-state index contributed by atoms with van der Waals surface area (Å²) in [6, 6.07) is 3.32. The Morgan fingerprint density at radius 3 is 2.72 bits per heavy atom. The number of carboxylic acids is 1. The second kappa shape index (κ2) is 6.06. The highest BCUT2D eigenvalue weighted by atomic mass is 19.1. The minimum absolute atomic E-state index is 0.0338. The standard InChI is InChI=1S/C11H13FN2O4/c1-13(3-2-11(15)16)7-8-4-9(12)6-10(5-8)14(17)18/h4-6H,2-3,7H2,1H3,(H,15,16). The number of nitro groups is 1. The topological polar surface area (TPSA) is 83.7 Å². The number of carboxylic acid groups (broad SMARTS) is 1. The van der Waals surface area contributed by atoms with E-state index in [-0.39, 0.29) is 18.7 Å². The van der Waals surface area contributed by atoms with Crippen LogP contribution in [0.2, 0.25) is 0 Å². The molecule has 0 heterocycles. The molecule has 98 valence electrons. The largest absolute Gasteiger partial charge is 0.481 e. The molecule has 7 heteroatoms. The van der Waals surface area contributed by atoms with E-state index < -0.39 is 16.7 Å². The van der Waals surface area contributed by atoms with E-state index in [0.29, 0.717) is 12.1 Å². The van der Waals surface area contributed by atoms with E-state index in [9.17, 15) is 19.3 Å². The van der Waals surface area contributed by atoms with Gasteiger partial charge in [-0.05, 0) is 18.7 Å². The molecule has 0 radical (unpaired) electrons. The molecule has 0 amide bonds. The molecule has 0 spiro atoms. The van der Waals surface area contributed by atoms with Crippen LogP contribution in [-0.4, -0.2) is 34.5 Å². The molecule has 0 aliphatic rings. The summed E-state index contributed by atoms with van der Waals surface area (Å²) in [6.07, 6.45) is -0.0338. The minimum Gasteiger partial charge on any atom is -0.481 e. The Labute approximate surface area is 103 Å². The number of nitro benzene ring substituents is 1. The van der Waals surface area contributed by atoms with Crippen molar-refractivity contribution in [2.45, 2.75) is 13.0 Å². The Morgan fingerprint density at radius 1 is 1.50 bits per heavy atom. The lowest BCUT2D eigenvalue weighted by Crippen LogP contribution is -2.21. The molecule has 0 bridgehead atoms. The van der Waals surface area contributed by atoms with E-state index in [1.807, 2.05) is 0 Å². The number of non-ortho nitro benzene ring substituents is 1. The van der Waals surface area contributed by atoms with Crippen LogP contribution in [0.3, 0.4) is 0 Å². The maximum absolute atomic E-state index is 13.1. The molecule has 1 aromatic rings. The van der Waals surface area contributed by atoms with E-state index in [2.05, 4.69) is 0 Å². The molecule has 6 nitrogen and oxygen atoms in total. The van der Waals surface area contributed by atoms with E-state index in [4.69, 9.17) is 5.11 Å². The number of rotatable bonds is 6. The van der Waals surface area contributed by atoms with Crippen LogP contribution in [0.25, 0.3) is 0 Å². The summed E-state index contributed by atoms with van der Waals surface area (Å²) in [6.45, 7) is 0.547. The third kappa shape index (κ3) is 4.46. The van der Waals surface area contributed by atoms with Gasteiger partial charge in [0.15, 0.2) is 0 Å². The predicted octanol–water partition coefficient (Wildman–Crippen LogP) is 1.64. The molecule has 0 saturated heterocycles. The highest BCUT2D eigenvalue weighted by Crippen LogP contribution is 2.17. The fraction of sp³-hybridized carbons (Fsp3) is 0.364. The third-order valence-electron chi connectivity index (χ3n) is 2.31. The van der Waals surface area contributed by atoms with E-state index in [0.717, 1.165) is 6.07 Å². The summed E-state index contributed by atoms with van der Waals surface area (Å²) in [5.41, 5.74) is 0.131. The van der Waals surface area contributed by atoms with Crippen LogP contribution in [0.4, 0.5) is 10.1 Å². The zero-order valence-electron chi connectivity index (χ0n) is 9.80. The summed E-state index contributed by atoms with van der Waals surface area (Å²) in [7, 11) is 1.67. The van der Waals surface area contributed by atoms with Crippen LogP contribution in [0.15, 0.2) is 18.2 Å². The van der Waals surface area contributed by atoms with Gasteiger partial charge in [-0.3, -0.25) is 14.9 Å². The van der Waals surface area contributed by atoms with Gasteiger partial charge in [0.05, 0.1) is 17.4 Å². The number of hydrogen-bond donors (Lipinski definition) is 1. The SMILES string of the molecule is CN(CCC(=O)O)Cc1cc(F)cc([N+](=O)[O-])c1. The fourth-order valence-corrected chi connectivity index (χ4v) is 1.51. The summed E-state index contributed by atoms with van der Waals surface area (Å²) in [5, 5.41) is 19.1. The van der Waals surface area contributed by atoms with E-state index in [1.54, 1.807) is 11.9 Å². The van der Waals surface area contributed by atoms with Crippen molar-refractivity contribution in [3.8, 4) is 0 Å². The van der Waals surface area contributed by atoms with Gasteiger partial charge in [-0.1, -0.05) is 0 Å². The van der Waals surface area contributed by atoms with Gasteiger partial charge in [0.1, 0.15) is 5.82 Å². The zero-order chi connectivity index (χ0) is 13.7. The van der Waals surface area contributed by atoms with Gasteiger partial charge in [-0.2, -0.15) is 0 Å². The lowest BCUT2D eigenvalue weighted by atomic mass is 10.2. The Kier molecular flexibility index (Phi) is 4.73. The number of hydrogen-bond acceptors (Lipinski definition) is 4. The van der Waals surface area contributed by atoms with Crippen LogP contribution in [0, 0.1) is 15.9 Å².